The summed E-state index contributed by atoms with van der Waals surface area (Å²) in [7, 11) is 0. The predicted octanol–water partition coefficient (Wildman–Crippen LogP) is 0.774. The Balaban J connectivity index is 2.64. The van der Waals surface area contributed by atoms with E-state index in [2.05, 4.69) is 9.97 Å². The number of aromatic nitrogens is 2. The minimum Gasteiger partial charge on any atom is -0.508 e. The van der Waals surface area contributed by atoms with Crippen molar-refractivity contribution in [2.24, 2.45) is 0 Å². The van der Waals surface area contributed by atoms with Crippen LogP contribution in [0.15, 0.2) is 29.1 Å². The van der Waals surface area contributed by atoms with Crippen molar-refractivity contribution in [2.45, 2.75) is 0 Å². The van der Waals surface area contributed by atoms with Crippen LogP contribution < -0.4 is 5.69 Å². The Labute approximate surface area is 89.2 Å². The molecule has 1 aromatic heterocycles. The fourth-order valence-corrected chi connectivity index (χ4v) is 1.42. The monoisotopic (exact) mass is 220 g/mol. The number of hydrogen-bond donors (Lipinski definition) is 4. The number of rotatable bonds is 2. The van der Waals surface area contributed by atoms with Gasteiger partial charge in [0.25, 0.3) is 0 Å². The molecule has 6 heteroatoms. The summed E-state index contributed by atoms with van der Waals surface area (Å²) in [5.74, 6) is -1.24. The van der Waals surface area contributed by atoms with Gasteiger partial charge in [0.05, 0.1) is 5.69 Å². The summed E-state index contributed by atoms with van der Waals surface area (Å²) in [6.07, 6.45) is 0. The second-order valence-corrected chi connectivity index (χ2v) is 3.18. The third-order valence-electron chi connectivity index (χ3n) is 2.08. The van der Waals surface area contributed by atoms with Crippen molar-refractivity contribution < 1.29 is 15.0 Å². The van der Waals surface area contributed by atoms with Gasteiger partial charge in [-0.2, -0.15) is 0 Å². The number of aromatic carboxylic acids is 1. The Morgan fingerprint density at radius 1 is 1.25 bits per heavy atom. The van der Waals surface area contributed by atoms with Gasteiger partial charge in [-0.1, -0.05) is 12.1 Å². The fourth-order valence-electron chi connectivity index (χ4n) is 1.42. The highest BCUT2D eigenvalue weighted by Crippen LogP contribution is 2.22. The van der Waals surface area contributed by atoms with E-state index >= 15 is 0 Å². The van der Waals surface area contributed by atoms with E-state index in [1.807, 2.05) is 0 Å². The van der Waals surface area contributed by atoms with Gasteiger partial charge in [-0.15, -0.1) is 0 Å². The molecule has 0 saturated carbocycles. The van der Waals surface area contributed by atoms with Gasteiger partial charge in [0, 0.05) is 5.56 Å². The van der Waals surface area contributed by atoms with Gasteiger partial charge in [0.1, 0.15) is 5.75 Å². The van der Waals surface area contributed by atoms with Crippen LogP contribution in [0, 0.1) is 0 Å². The molecule has 0 fully saturated rings. The van der Waals surface area contributed by atoms with Gasteiger partial charge < -0.3 is 15.2 Å². The van der Waals surface area contributed by atoms with Gasteiger partial charge in [0.15, 0.2) is 5.69 Å². The molecule has 0 atom stereocenters. The van der Waals surface area contributed by atoms with Gasteiger partial charge >= 0.3 is 11.7 Å². The first kappa shape index (κ1) is 10.0. The zero-order valence-corrected chi connectivity index (χ0v) is 8.02. The van der Waals surface area contributed by atoms with Crippen LogP contribution in [-0.4, -0.2) is 26.2 Å². The molecule has 82 valence electrons. The van der Waals surface area contributed by atoms with Crippen molar-refractivity contribution in [1.29, 1.82) is 0 Å². The summed E-state index contributed by atoms with van der Waals surface area (Å²) < 4.78 is 0. The maximum atomic E-state index is 11.0. The number of benzene rings is 1. The Hall–Kier alpha value is -2.50. The quantitative estimate of drug-likeness (QED) is 0.599. The fraction of sp³-hybridized carbons (Fsp3) is 0. The number of carboxylic acid groups (broad SMARTS) is 1. The van der Waals surface area contributed by atoms with Crippen molar-refractivity contribution in [3.8, 4) is 17.0 Å². The van der Waals surface area contributed by atoms with Crippen LogP contribution in [0.4, 0.5) is 0 Å². The lowest BCUT2D eigenvalue weighted by Crippen LogP contribution is -2.03. The normalized spacial score (nSPS) is 10.2. The zero-order chi connectivity index (χ0) is 11.7. The van der Waals surface area contributed by atoms with Crippen LogP contribution in [0.5, 0.6) is 5.75 Å². The highest BCUT2D eigenvalue weighted by Gasteiger charge is 2.15. The molecule has 1 heterocycles. The van der Waals surface area contributed by atoms with Crippen molar-refractivity contribution in [2.75, 3.05) is 0 Å². The smallest absolute Gasteiger partial charge is 0.354 e. The summed E-state index contributed by atoms with van der Waals surface area (Å²) in [6, 6.07) is 5.97. The van der Waals surface area contributed by atoms with Crippen LogP contribution >= 0.6 is 0 Å². The second-order valence-electron chi connectivity index (χ2n) is 3.18. The maximum Gasteiger partial charge on any atom is 0.354 e. The summed E-state index contributed by atoms with van der Waals surface area (Å²) in [6.45, 7) is 0. The number of carboxylic acids is 1. The molecule has 0 aliphatic carbocycles. The van der Waals surface area contributed by atoms with E-state index in [4.69, 9.17) is 5.11 Å². The molecule has 4 N–H and O–H groups in total. The number of aromatic hydroxyl groups is 1. The lowest BCUT2D eigenvalue weighted by atomic mass is 10.1. The van der Waals surface area contributed by atoms with Crippen molar-refractivity contribution in [3.63, 3.8) is 0 Å². The van der Waals surface area contributed by atoms with Gasteiger partial charge in [0.2, 0.25) is 0 Å². The molecule has 1 aromatic carbocycles. The first-order valence-electron chi connectivity index (χ1n) is 4.43. The number of phenols is 1. The number of nitrogens with one attached hydrogen (secondary N) is 2. The average molecular weight is 220 g/mol. The highest BCUT2D eigenvalue weighted by molar-refractivity contribution is 5.92. The van der Waals surface area contributed by atoms with E-state index in [-0.39, 0.29) is 17.1 Å². The molecule has 0 radical (unpaired) electrons. The first-order chi connectivity index (χ1) is 7.58. The largest absolute Gasteiger partial charge is 0.508 e. The number of imidazole rings is 1. The van der Waals surface area contributed by atoms with Crippen molar-refractivity contribution >= 4 is 5.97 Å². The zero-order valence-electron chi connectivity index (χ0n) is 8.02. The van der Waals surface area contributed by atoms with E-state index in [9.17, 15) is 14.7 Å². The van der Waals surface area contributed by atoms with Crippen molar-refractivity contribution in [3.05, 3.63) is 40.4 Å². The summed E-state index contributed by atoms with van der Waals surface area (Å²) in [4.78, 5) is 26.4. The van der Waals surface area contributed by atoms with Gasteiger partial charge in [-0.25, -0.2) is 9.59 Å². The number of aromatic amines is 2. The SMILES string of the molecule is O=C(O)c1[nH]c(=O)[nH]c1-c1cccc(O)c1. The molecule has 2 aromatic rings. The molecular weight excluding hydrogens is 212 g/mol. The maximum absolute atomic E-state index is 11.0. The molecule has 0 saturated heterocycles. The summed E-state index contributed by atoms with van der Waals surface area (Å²) in [5, 5.41) is 18.1. The lowest BCUT2D eigenvalue weighted by Gasteiger charge is -2.00. The molecule has 0 unspecified atom stereocenters. The van der Waals surface area contributed by atoms with Crippen LogP contribution in [0.3, 0.4) is 0 Å². The molecule has 0 aliphatic heterocycles. The molecule has 16 heavy (non-hydrogen) atoms. The Morgan fingerprint density at radius 3 is 2.62 bits per heavy atom. The lowest BCUT2D eigenvalue weighted by molar-refractivity contribution is 0.0692. The molecule has 0 spiro atoms. The van der Waals surface area contributed by atoms with E-state index in [0.717, 1.165) is 0 Å². The number of phenolic OH excluding ortho intramolecular Hbond substituents is 1. The number of H-pyrrole nitrogens is 2. The second kappa shape index (κ2) is 3.58. The Kier molecular flexibility index (Phi) is 2.24. The molecule has 2 rings (SSSR count). The van der Waals surface area contributed by atoms with E-state index < -0.39 is 11.7 Å². The third-order valence-corrected chi connectivity index (χ3v) is 2.08. The molecular formula is C10H8N2O4. The molecule has 0 bridgehead atoms. The predicted molar refractivity (Wildman–Crippen MR) is 55.5 cm³/mol. The van der Waals surface area contributed by atoms with Crippen molar-refractivity contribution in [1.82, 2.24) is 9.97 Å². The Bertz CT molecular complexity index is 597. The van der Waals surface area contributed by atoms with Gasteiger partial charge in [-0.3, -0.25) is 4.98 Å². The summed E-state index contributed by atoms with van der Waals surface area (Å²) >= 11 is 0. The molecule has 0 aliphatic rings. The molecule has 6 nitrogen and oxygen atoms in total. The molecule has 0 amide bonds. The average Bonchev–Trinajstić information content (AvgIpc) is 2.60. The van der Waals surface area contributed by atoms with Crippen LogP contribution in [0.25, 0.3) is 11.3 Å². The van der Waals surface area contributed by atoms with Crippen LogP contribution in [-0.2, 0) is 0 Å². The van der Waals surface area contributed by atoms with E-state index in [1.54, 1.807) is 12.1 Å². The van der Waals surface area contributed by atoms with Crippen LogP contribution in [0.2, 0.25) is 0 Å². The number of hydrogen-bond acceptors (Lipinski definition) is 3. The van der Waals surface area contributed by atoms with Gasteiger partial charge in [-0.05, 0) is 12.1 Å². The summed E-state index contributed by atoms with van der Waals surface area (Å²) in [5.41, 5.74) is -0.254. The minimum atomic E-state index is -1.24. The standard InChI is InChI=1S/C10H8N2O4/c13-6-3-1-2-5(4-6)7-8(9(14)15)12-10(16)11-7/h1-4,13H,(H,14,15)(H2,11,12,16). The Morgan fingerprint density at radius 2 is 2.00 bits per heavy atom. The topological polar surface area (TPSA) is 106 Å². The van der Waals surface area contributed by atoms with Crippen LogP contribution in [0.1, 0.15) is 10.5 Å². The first-order valence-corrected chi connectivity index (χ1v) is 4.43. The van der Waals surface area contributed by atoms with E-state index in [0.29, 0.717) is 5.56 Å². The third kappa shape index (κ3) is 1.68. The number of carbonyl (C=O) groups is 1. The minimum absolute atomic E-state index is 0.00381. The highest BCUT2D eigenvalue weighted by atomic mass is 16.4. The van der Waals surface area contributed by atoms with E-state index in [1.165, 1.54) is 12.1 Å².